The van der Waals surface area contributed by atoms with Crippen LogP contribution in [0.4, 0.5) is 5.69 Å². The number of carbonyl (C=O) groups is 1. The fraction of sp³-hybridized carbons (Fsp3) is 0.562. The summed E-state index contributed by atoms with van der Waals surface area (Å²) in [5.74, 6) is -0.147. The van der Waals surface area contributed by atoms with Gasteiger partial charge in [-0.25, -0.2) is 8.42 Å². The van der Waals surface area contributed by atoms with Gasteiger partial charge in [0.25, 0.3) is 0 Å². The molecule has 0 spiro atoms. The van der Waals surface area contributed by atoms with Gasteiger partial charge in [-0.05, 0) is 44.0 Å². The van der Waals surface area contributed by atoms with Crippen molar-refractivity contribution in [2.75, 3.05) is 30.3 Å². The van der Waals surface area contributed by atoms with E-state index in [1.807, 2.05) is 19.1 Å². The van der Waals surface area contributed by atoms with E-state index in [2.05, 4.69) is 4.90 Å². The van der Waals surface area contributed by atoms with Gasteiger partial charge in [-0.15, -0.1) is 0 Å². The van der Waals surface area contributed by atoms with Crippen molar-refractivity contribution in [3.05, 3.63) is 24.3 Å². The Morgan fingerprint density at radius 2 is 1.95 bits per heavy atom. The Hall–Kier alpha value is -1.56. The van der Waals surface area contributed by atoms with Crippen molar-refractivity contribution in [3.63, 3.8) is 0 Å². The van der Waals surface area contributed by atoms with Gasteiger partial charge in [0.15, 0.2) is 9.84 Å². The summed E-state index contributed by atoms with van der Waals surface area (Å²) in [7, 11) is -3.17. The van der Waals surface area contributed by atoms with E-state index in [0.717, 1.165) is 25.1 Å². The van der Waals surface area contributed by atoms with Gasteiger partial charge in [-0.3, -0.25) is 4.79 Å². The zero-order chi connectivity index (χ0) is 16.2. The second-order valence-corrected chi connectivity index (χ2v) is 7.71. The van der Waals surface area contributed by atoms with Crippen molar-refractivity contribution in [3.8, 4) is 0 Å². The number of rotatable bonds is 5. The Kier molecular flexibility index (Phi) is 5.45. The van der Waals surface area contributed by atoms with Crippen LogP contribution in [-0.2, 0) is 19.4 Å². The molecule has 0 bridgehead atoms. The van der Waals surface area contributed by atoms with Crippen molar-refractivity contribution < 1.29 is 17.9 Å². The first kappa shape index (κ1) is 16.8. The maximum Gasteiger partial charge on any atom is 0.310 e. The largest absolute Gasteiger partial charge is 0.466 e. The number of carbonyl (C=O) groups excluding carboxylic acids is 1. The molecule has 0 amide bonds. The lowest BCUT2D eigenvalue weighted by Crippen LogP contribution is -2.39. The summed E-state index contributed by atoms with van der Waals surface area (Å²) >= 11 is 0. The Morgan fingerprint density at radius 3 is 2.55 bits per heavy atom. The zero-order valence-electron chi connectivity index (χ0n) is 13.1. The molecule has 1 unspecified atom stereocenters. The summed E-state index contributed by atoms with van der Waals surface area (Å²) < 4.78 is 28.8. The van der Waals surface area contributed by atoms with Gasteiger partial charge in [0.2, 0.25) is 0 Å². The van der Waals surface area contributed by atoms with Crippen LogP contribution in [0.3, 0.4) is 0 Å². The van der Waals surface area contributed by atoms with Crippen molar-refractivity contribution in [1.82, 2.24) is 0 Å². The van der Waals surface area contributed by atoms with Gasteiger partial charge >= 0.3 is 5.97 Å². The standard InChI is InChI=1S/C16H23NO4S/c1-3-21-16(18)13-6-5-11-17(12-13)14-7-9-15(10-8-14)22(19,20)4-2/h7-10,13H,3-6,11-12H2,1-2H3. The van der Waals surface area contributed by atoms with Crippen LogP contribution >= 0.6 is 0 Å². The lowest BCUT2D eigenvalue weighted by Gasteiger charge is -2.33. The highest BCUT2D eigenvalue weighted by molar-refractivity contribution is 7.91. The van der Waals surface area contributed by atoms with Crippen LogP contribution in [0.25, 0.3) is 0 Å². The fourth-order valence-electron chi connectivity index (χ4n) is 2.70. The number of sulfone groups is 1. The van der Waals surface area contributed by atoms with Crippen LogP contribution in [-0.4, -0.2) is 39.8 Å². The summed E-state index contributed by atoms with van der Waals surface area (Å²) in [6.07, 6.45) is 1.77. The molecular formula is C16H23NO4S. The normalized spacial score (nSPS) is 19.0. The first-order chi connectivity index (χ1) is 10.5. The van der Waals surface area contributed by atoms with E-state index >= 15 is 0 Å². The van der Waals surface area contributed by atoms with Gasteiger partial charge in [-0.2, -0.15) is 0 Å². The van der Waals surface area contributed by atoms with Crippen LogP contribution < -0.4 is 4.90 Å². The minimum Gasteiger partial charge on any atom is -0.466 e. The molecule has 6 heteroatoms. The molecule has 0 radical (unpaired) electrons. The van der Waals surface area contributed by atoms with E-state index in [-0.39, 0.29) is 17.6 Å². The van der Waals surface area contributed by atoms with E-state index in [1.54, 1.807) is 19.1 Å². The third kappa shape index (κ3) is 3.80. The Labute approximate surface area is 132 Å². The number of hydrogen-bond acceptors (Lipinski definition) is 5. The second kappa shape index (κ2) is 7.13. The molecule has 22 heavy (non-hydrogen) atoms. The van der Waals surface area contributed by atoms with E-state index in [1.165, 1.54) is 0 Å². The highest BCUT2D eigenvalue weighted by Crippen LogP contribution is 2.25. The highest BCUT2D eigenvalue weighted by Gasteiger charge is 2.27. The lowest BCUT2D eigenvalue weighted by atomic mass is 9.97. The Morgan fingerprint density at radius 1 is 1.27 bits per heavy atom. The third-order valence-corrected chi connectivity index (χ3v) is 5.73. The van der Waals surface area contributed by atoms with E-state index in [9.17, 15) is 13.2 Å². The number of piperidine rings is 1. The third-order valence-electron chi connectivity index (χ3n) is 3.98. The quantitative estimate of drug-likeness (QED) is 0.777. The van der Waals surface area contributed by atoms with Crippen LogP contribution in [0.5, 0.6) is 0 Å². The summed E-state index contributed by atoms with van der Waals surface area (Å²) in [6, 6.07) is 6.91. The molecule has 0 saturated carbocycles. The van der Waals surface area contributed by atoms with Gasteiger partial charge in [0, 0.05) is 18.8 Å². The molecule has 0 aromatic heterocycles. The van der Waals surface area contributed by atoms with Gasteiger partial charge in [0.1, 0.15) is 0 Å². The summed E-state index contributed by atoms with van der Waals surface area (Å²) in [6.45, 7) is 5.34. The predicted molar refractivity (Wildman–Crippen MR) is 85.7 cm³/mol. The van der Waals surface area contributed by atoms with Gasteiger partial charge < -0.3 is 9.64 Å². The molecule has 122 valence electrons. The minimum atomic E-state index is -3.17. The molecule has 0 aliphatic carbocycles. The number of ether oxygens (including phenoxy) is 1. The topological polar surface area (TPSA) is 63.7 Å². The molecule has 1 fully saturated rings. The van der Waals surface area contributed by atoms with E-state index in [4.69, 9.17) is 4.74 Å². The molecule has 1 aliphatic heterocycles. The summed E-state index contributed by atoms with van der Waals surface area (Å²) in [4.78, 5) is 14.3. The maximum absolute atomic E-state index is 11.9. The Balaban J connectivity index is 2.10. The smallest absolute Gasteiger partial charge is 0.310 e. The molecule has 1 aromatic carbocycles. The van der Waals surface area contributed by atoms with Crippen molar-refractivity contribution >= 4 is 21.5 Å². The summed E-state index contributed by atoms with van der Waals surface area (Å²) in [5, 5.41) is 0. The van der Waals surface area contributed by atoms with Crippen molar-refractivity contribution in [2.45, 2.75) is 31.6 Å². The SMILES string of the molecule is CCOC(=O)C1CCCN(c2ccc(S(=O)(=O)CC)cc2)C1. The van der Waals surface area contributed by atoms with Gasteiger partial charge in [0.05, 0.1) is 23.2 Å². The molecule has 0 N–H and O–H groups in total. The average Bonchev–Trinajstić information content (AvgIpc) is 2.55. The van der Waals surface area contributed by atoms with Crippen LogP contribution in [0, 0.1) is 5.92 Å². The van der Waals surface area contributed by atoms with Crippen LogP contribution in [0.15, 0.2) is 29.2 Å². The highest BCUT2D eigenvalue weighted by atomic mass is 32.2. The van der Waals surface area contributed by atoms with Crippen LogP contribution in [0.1, 0.15) is 26.7 Å². The molecule has 1 heterocycles. The van der Waals surface area contributed by atoms with Crippen LogP contribution in [0.2, 0.25) is 0 Å². The number of anilines is 1. The van der Waals surface area contributed by atoms with Crippen molar-refractivity contribution in [1.29, 1.82) is 0 Å². The molecule has 1 atom stereocenters. The first-order valence-corrected chi connectivity index (χ1v) is 9.37. The molecule has 2 rings (SSSR count). The van der Waals surface area contributed by atoms with E-state index in [0.29, 0.717) is 18.0 Å². The minimum absolute atomic E-state index is 0.0982. The van der Waals surface area contributed by atoms with E-state index < -0.39 is 9.84 Å². The second-order valence-electron chi connectivity index (χ2n) is 5.43. The lowest BCUT2D eigenvalue weighted by molar-refractivity contribution is -0.148. The Bertz CT molecular complexity index is 610. The number of nitrogens with zero attached hydrogens (tertiary/aromatic N) is 1. The van der Waals surface area contributed by atoms with Gasteiger partial charge in [-0.1, -0.05) is 6.92 Å². The fourth-order valence-corrected chi connectivity index (χ4v) is 3.58. The predicted octanol–water partition coefficient (Wildman–Crippen LogP) is 2.26. The molecule has 5 nitrogen and oxygen atoms in total. The number of hydrogen-bond donors (Lipinski definition) is 0. The van der Waals surface area contributed by atoms with Crippen molar-refractivity contribution in [2.24, 2.45) is 5.92 Å². The molecular weight excluding hydrogens is 302 g/mol. The molecule has 1 aliphatic rings. The zero-order valence-corrected chi connectivity index (χ0v) is 13.9. The monoisotopic (exact) mass is 325 g/mol. The maximum atomic E-state index is 11.9. The number of esters is 1. The number of benzene rings is 1. The first-order valence-electron chi connectivity index (χ1n) is 7.72. The average molecular weight is 325 g/mol. The molecule has 1 aromatic rings. The summed E-state index contributed by atoms with van der Waals surface area (Å²) in [5.41, 5.74) is 0.948. The molecule has 1 saturated heterocycles.